The van der Waals surface area contributed by atoms with Crippen LogP contribution in [0.25, 0.3) is 0 Å². The number of nitrogens with one attached hydrogen (secondary N) is 2. The summed E-state index contributed by atoms with van der Waals surface area (Å²) in [6.45, 7) is 1.69. The van der Waals surface area contributed by atoms with Crippen LogP contribution in [-0.2, 0) is 10.0 Å². The second kappa shape index (κ2) is 12.3. The molecular formula is C24H32N4O5S. The highest BCUT2D eigenvalue weighted by Gasteiger charge is 2.18. The summed E-state index contributed by atoms with van der Waals surface area (Å²) >= 11 is 0. The summed E-state index contributed by atoms with van der Waals surface area (Å²) in [4.78, 5) is 14.1. The Morgan fingerprint density at radius 1 is 1.03 bits per heavy atom. The van der Waals surface area contributed by atoms with Crippen LogP contribution in [0.4, 0.5) is 10.5 Å². The summed E-state index contributed by atoms with van der Waals surface area (Å²) in [5, 5.41) is 5.44. The van der Waals surface area contributed by atoms with Gasteiger partial charge in [0.1, 0.15) is 17.3 Å². The van der Waals surface area contributed by atoms with Crippen LogP contribution in [0.15, 0.2) is 57.8 Å². The molecule has 10 heteroatoms. The van der Waals surface area contributed by atoms with Crippen LogP contribution < -0.4 is 20.1 Å². The fourth-order valence-corrected chi connectivity index (χ4v) is 4.55. The molecule has 0 saturated carbocycles. The zero-order valence-corrected chi connectivity index (χ0v) is 20.4. The predicted molar refractivity (Wildman–Crippen MR) is 132 cm³/mol. The van der Waals surface area contributed by atoms with E-state index in [1.165, 1.54) is 12.1 Å². The lowest BCUT2D eigenvalue weighted by atomic mass is 10.2. The molecule has 0 aliphatic carbocycles. The first-order chi connectivity index (χ1) is 16.4. The molecule has 0 aromatic heterocycles. The van der Waals surface area contributed by atoms with E-state index in [4.69, 9.17) is 9.47 Å². The van der Waals surface area contributed by atoms with Gasteiger partial charge in [0, 0.05) is 32.2 Å². The second-order valence-corrected chi connectivity index (χ2v) is 9.60. The van der Waals surface area contributed by atoms with Gasteiger partial charge in [-0.25, -0.2) is 4.79 Å². The van der Waals surface area contributed by atoms with E-state index in [-0.39, 0.29) is 10.9 Å². The number of nitrogens with zero attached hydrogens (tertiary/aromatic N) is 2. The van der Waals surface area contributed by atoms with Crippen molar-refractivity contribution in [1.82, 2.24) is 10.2 Å². The number of anilines is 1. The standard InChI is InChI=1S/C24H32N4O5S/c1-28-17-5-3-4-7-23(28)27-34(30,31)22-14-8-19(9-15-22)26-24(29)25-16-6-18-33-21-12-10-20(32-2)11-13-21/h8-15H,3-7,16-18H2,1-2H3,(H2,25,26,29)/b27-23-. The zero-order chi connectivity index (χ0) is 24.4. The number of benzene rings is 2. The molecule has 0 bridgehead atoms. The third-order valence-corrected chi connectivity index (χ3v) is 6.72. The second-order valence-electron chi connectivity index (χ2n) is 8.00. The Kier molecular flexibility index (Phi) is 9.15. The average Bonchev–Trinajstić information content (AvgIpc) is 3.03. The number of carbonyl (C=O) groups excluding carboxylic acids is 1. The van der Waals surface area contributed by atoms with Crippen molar-refractivity contribution < 1.29 is 22.7 Å². The monoisotopic (exact) mass is 488 g/mol. The van der Waals surface area contributed by atoms with Crippen molar-refractivity contribution in [3.05, 3.63) is 48.5 Å². The van der Waals surface area contributed by atoms with E-state index in [1.54, 1.807) is 19.2 Å². The highest BCUT2D eigenvalue weighted by Crippen LogP contribution is 2.19. The topological polar surface area (TPSA) is 109 Å². The average molecular weight is 489 g/mol. The highest BCUT2D eigenvalue weighted by molar-refractivity contribution is 7.90. The number of urea groups is 1. The zero-order valence-electron chi connectivity index (χ0n) is 19.6. The van der Waals surface area contributed by atoms with Crippen LogP contribution in [0.5, 0.6) is 11.5 Å². The van der Waals surface area contributed by atoms with Gasteiger partial charge in [-0.3, -0.25) is 0 Å². The van der Waals surface area contributed by atoms with Crippen LogP contribution in [-0.4, -0.2) is 59.0 Å². The molecule has 1 aliphatic rings. The Labute approximate surface area is 201 Å². The van der Waals surface area contributed by atoms with Gasteiger partial charge in [-0.2, -0.15) is 8.42 Å². The summed E-state index contributed by atoms with van der Waals surface area (Å²) in [5.74, 6) is 2.09. The van der Waals surface area contributed by atoms with Gasteiger partial charge in [-0.15, -0.1) is 4.40 Å². The summed E-state index contributed by atoms with van der Waals surface area (Å²) in [6, 6.07) is 12.9. The minimum absolute atomic E-state index is 0.0966. The number of amides is 2. The fourth-order valence-electron chi connectivity index (χ4n) is 3.46. The molecule has 1 fully saturated rings. The molecule has 1 aliphatic heterocycles. The Bertz CT molecular complexity index is 1070. The van der Waals surface area contributed by atoms with E-state index in [2.05, 4.69) is 15.0 Å². The maximum atomic E-state index is 12.7. The molecule has 184 valence electrons. The van der Waals surface area contributed by atoms with Crippen LogP contribution in [0, 0.1) is 0 Å². The molecule has 34 heavy (non-hydrogen) atoms. The molecular weight excluding hydrogens is 456 g/mol. The molecule has 2 aromatic carbocycles. The number of rotatable bonds is 9. The van der Waals surface area contributed by atoms with Crippen LogP contribution in [0.1, 0.15) is 32.1 Å². The Balaban J connectivity index is 1.43. The number of hydrogen-bond acceptors (Lipinski definition) is 5. The lowest BCUT2D eigenvalue weighted by Gasteiger charge is -2.17. The molecule has 2 aromatic rings. The number of methoxy groups -OCH3 is 1. The lowest BCUT2D eigenvalue weighted by Crippen LogP contribution is -2.30. The van der Waals surface area contributed by atoms with E-state index in [0.29, 0.717) is 37.5 Å². The molecule has 0 unspecified atom stereocenters. The smallest absolute Gasteiger partial charge is 0.319 e. The summed E-state index contributed by atoms with van der Waals surface area (Å²) in [6.07, 6.45) is 4.32. The summed E-state index contributed by atoms with van der Waals surface area (Å²) < 4.78 is 40.2. The van der Waals surface area contributed by atoms with Gasteiger partial charge in [0.15, 0.2) is 0 Å². The van der Waals surface area contributed by atoms with E-state index in [9.17, 15) is 13.2 Å². The van der Waals surface area contributed by atoms with Crippen molar-refractivity contribution in [2.75, 3.05) is 39.2 Å². The maximum Gasteiger partial charge on any atom is 0.319 e. The normalized spacial score (nSPS) is 15.5. The number of ether oxygens (including phenoxy) is 2. The number of likely N-dealkylation sites (tertiary alicyclic amines) is 1. The fraction of sp³-hybridized carbons (Fsp3) is 0.417. The number of amidine groups is 1. The van der Waals surface area contributed by atoms with Crippen molar-refractivity contribution in [3.63, 3.8) is 0 Å². The molecule has 0 atom stereocenters. The van der Waals surface area contributed by atoms with Crippen molar-refractivity contribution in [3.8, 4) is 11.5 Å². The van der Waals surface area contributed by atoms with Gasteiger partial charge in [0.05, 0.1) is 18.6 Å². The van der Waals surface area contributed by atoms with Crippen LogP contribution in [0.2, 0.25) is 0 Å². The number of sulfonamides is 1. The molecule has 2 N–H and O–H groups in total. The van der Waals surface area contributed by atoms with E-state index < -0.39 is 10.0 Å². The highest BCUT2D eigenvalue weighted by atomic mass is 32.2. The first-order valence-corrected chi connectivity index (χ1v) is 12.8. The third kappa shape index (κ3) is 7.65. The Hall–Kier alpha value is -3.27. The van der Waals surface area contributed by atoms with Crippen LogP contribution >= 0.6 is 0 Å². The first-order valence-electron chi connectivity index (χ1n) is 11.3. The Morgan fingerprint density at radius 3 is 2.44 bits per heavy atom. The summed E-state index contributed by atoms with van der Waals surface area (Å²) in [5.41, 5.74) is 0.491. The van der Waals surface area contributed by atoms with Crippen molar-refractivity contribution >= 4 is 27.6 Å². The summed E-state index contributed by atoms with van der Waals surface area (Å²) in [7, 11) is -0.326. The third-order valence-electron chi connectivity index (χ3n) is 5.40. The molecule has 1 heterocycles. The van der Waals surface area contributed by atoms with Crippen molar-refractivity contribution in [2.45, 2.75) is 37.0 Å². The minimum atomic E-state index is -3.80. The maximum absolute atomic E-state index is 12.7. The van der Waals surface area contributed by atoms with E-state index in [1.807, 2.05) is 36.2 Å². The molecule has 0 spiro atoms. The van der Waals surface area contributed by atoms with Crippen molar-refractivity contribution in [2.24, 2.45) is 4.40 Å². The van der Waals surface area contributed by atoms with Gasteiger partial charge >= 0.3 is 6.03 Å². The van der Waals surface area contributed by atoms with Crippen molar-refractivity contribution in [1.29, 1.82) is 0 Å². The SMILES string of the molecule is COc1ccc(OCCCNC(=O)Nc2ccc(S(=O)(=O)/N=C3/CCCCCN3C)cc2)cc1. The first kappa shape index (κ1) is 25.4. The minimum Gasteiger partial charge on any atom is -0.497 e. The molecule has 1 saturated heterocycles. The number of carbonyl (C=O) groups is 1. The van der Waals surface area contributed by atoms with Crippen LogP contribution in [0.3, 0.4) is 0 Å². The van der Waals surface area contributed by atoms with Gasteiger partial charge in [0.2, 0.25) is 0 Å². The van der Waals surface area contributed by atoms with Gasteiger partial charge in [0.25, 0.3) is 10.0 Å². The van der Waals surface area contributed by atoms with Gasteiger partial charge in [-0.05, 0) is 67.8 Å². The lowest BCUT2D eigenvalue weighted by molar-refractivity contribution is 0.250. The van der Waals surface area contributed by atoms with E-state index >= 15 is 0 Å². The Morgan fingerprint density at radius 2 is 1.74 bits per heavy atom. The predicted octanol–water partition coefficient (Wildman–Crippen LogP) is 3.88. The number of hydrogen-bond donors (Lipinski definition) is 2. The largest absolute Gasteiger partial charge is 0.497 e. The van der Waals surface area contributed by atoms with Gasteiger partial charge in [-0.1, -0.05) is 6.42 Å². The molecule has 3 rings (SSSR count). The van der Waals surface area contributed by atoms with E-state index in [0.717, 1.165) is 37.3 Å². The molecule has 9 nitrogen and oxygen atoms in total. The van der Waals surface area contributed by atoms with Gasteiger partial charge < -0.3 is 25.0 Å². The quantitative estimate of drug-likeness (QED) is 0.519. The molecule has 2 amide bonds. The molecule has 0 radical (unpaired) electrons.